The van der Waals surface area contributed by atoms with E-state index in [1.54, 1.807) is 44.6 Å². The van der Waals surface area contributed by atoms with Gasteiger partial charge in [0, 0.05) is 44.7 Å². The molecule has 3 aliphatic rings. The van der Waals surface area contributed by atoms with Crippen LogP contribution in [0.3, 0.4) is 0 Å². The van der Waals surface area contributed by atoms with Crippen LogP contribution in [0, 0.1) is 22.6 Å². The van der Waals surface area contributed by atoms with Crippen molar-refractivity contribution in [3.8, 4) is 29.0 Å². The second kappa shape index (κ2) is 26.1. The number of anilines is 1. The number of nitriles is 1. The summed E-state index contributed by atoms with van der Waals surface area (Å²) in [7, 11) is 4.92. The minimum atomic E-state index is -0.912. The second-order valence-electron chi connectivity index (χ2n) is 21.8. The van der Waals surface area contributed by atoms with Crippen LogP contribution in [0.25, 0.3) is 11.3 Å². The normalized spacial score (nSPS) is 17.5. The summed E-state index contributed by atoms with van der Waals surface area (Å²) in [5, 5.41) is 24.0. The zero-order valence-electron chi connectivity index (χ0n) is 47.3. The van der Waals surface area contributed by atoms with Crippen molar-refractivity contribution in [1.29, 1.82) is 5.26 Å². The molecule has 430 valence electrons. The number of aromatic nitrogens is 4. The van der Waals surface area contributed by atoms with Crippen LogP contribution >= 0.6 is 0 Å². The number of carbonyl (C=O) groups excluding carboxylic acids is 5. The molecular formula is C59H73FN12O9. The summed E-state index contributed by atoms with van der Waals surface area (Å²) in [6.07, 6.45) is 3.60. The highest BCUT2D eigenvalue weighted by molar-refractivity contribution is 5.96. The summed E-state index contributed by atoms with van der Waals surface area (Å²) in [5.41, 5.74) is 11.1. The Kier molecular flexibility index (Phi) is 19.0. The van der Waals surface area contributed by atoms with Gasteiger partial charge in [-0.05, 0) is 98.2 Å². The number of amides is 5. The van der Waals surface area contributed by atoms with Crippen molar-refractivity contribution in [2.24, 2.45) is 5.41 Å². The number of hydrogen-bond donors (Lipinski definition) is 4. The fourth-order valence-corrected chi connectivity index (χ4v) is 10.3. The van der Waals surface area contributed by atoms with Gasteiger partial charge >= 0.3 is 0 Å². The lowest BCUT2D eigenvalue weighted by Crippen LogP contribution is -2.62. The van der Waals surface area contributed by atoms with Gasteiger partial charge in [0.1, 0.15) is 42.4 Å². The average molecular weight is 1110 g/mol. The monoisotopic (exact) mass is 1110 g/mol. The van der Waals surface area contributed by atoms with Crippen LogP contribution in [0.15, 0.2) is 66.9 Å². The van der Waals surface area contributed by atoms with E-state index in [2.05, 4.69) is 49.2 Å². The van der Waals surface area contributed by atoms with Crippen LogP contribution in [0.5, 0.6) is 11.6 Å². The Bertz CT molecular complexity index is 3170. The largest absolute Gasteiger partial charge is 0.491 e. The number of halogens is 1. The van der Waals surface area contributed by atoms with E-state index >= 15 is 0 Å². The number of nitrogens with one attached hydrogen (secondary N) is 3. The van der Waals surface area contributed by atoms with E-state index in [0.717, 1.165) is 36.0 Å². The molecule has 81 heavy (non-hydrogen) atoms. The highest BCUT2D eigenvalue weighted by Gasteiger charge is 2.43. The molecule has 4 heterocycles. The first kappa shape index (κ1) is 59.1. The maximum atomic E-state index is 14.7. The summed E-state index contributed by atoms with van der Waals surface area (Å²) in [6, 6.07) is 17.3. The van der Waals surface area contributed by atoms with Crippen LogP contribution in [-0.4, -0.2) is 143 Å². The highest BCUT2D eigenvalue weighted by atomic mass is 19.1. The average Bonchev–Trinajstić information content (AvgIpc) is 4.10. The van der Waals surface area contributed by atoms with Crippen LogP contribution in [0.2, 0.25) is 0 Å². The fraction of sp³-hybridized carbons (Fsp3) is 0.475. The van der Waals surface area contributed by atoms with E-state index in [-0.39, 0.29) is 136 Å². The number of ether oxygens (including phenoxy) is 4. The number of nitrogens with zero attached hydrogens (tertiary/aromatic N) is 8. The lowest BCUT2D eigenvalue weighted by atomic mass is 9.83. The number of carbonyl (C=O) groups is 5. The first-order valence-electron chi connectivity index (χ1n) is 27.4. The molecule has 2 aliphatic heterocycles. The van der Waals surface area contributed by atoms with Crippen LogP contribution < -0.4 is 31.2 Å². The molecule has 0 fully saturated rings. The van der Waals surface area contributed by atoms with E-state index in [1.165, 1.54) is 39.8 Å². The van der Waals surface area contributed by atoms with E-state index < -0.39 is 41.4 Å². The molecule has 5 aromatic rings. The van der Waals surface area contributed by atoms with Crippen molar-refractivity contribution >= 4 is 35.4 Å². The Morgan fingerprint density at radius 3 is 2.49 bits per heavy atom. The number of nitrogen functional groups attached to an aromatic ring is 1. The van der Waals surface area contributed by atoms with Crippen molar-refractivity contribution in [2.45, 2.75) is 117 Å². The Labute approximate surface area is 471 Å². The molecule has 0 radical (unpaired) electrons. The summed E-state index contributed by atoms with van der Waals surface area (Å²) in [5.74, 6) is -1.60. The maximum absolute atomic E-state index is 14.7. The maximum Gasteiger partial charge on any atom is 0.258 e. The van der Waals surface area contributed by atoms with Gasteiger partial charge in [0.2, 0.25) is 23.6 Å². The Balaban J connectivity index is 0.825. The van der Waals surface area contributed by atoms with Gasteiger partial charge in [0.05, 0.1) is 81.2 Å². The SMILES string of the molecule is CN[C@H](C)C(=O)N[C@@H](C(=O)N1Cc2cc(OCCOCCOCCC(=O)N(C)CCn3nc(C#N)c4c3CN(C)C(=O)c3ccc(F)cc3[C@@H](C)Oc3nc-4cnc3N)ccc2C[C@@H]1C(=O)N[C@H]1CCCc2ccccc21)C(C)(C)C. The summed E-state index contributed by atoms with van der Waals surface area (Å²) in [4.78, 5) is 83.0. The van der Waals surface area contributed by atoms with Crippen LogP contribution in [0.4, 0.5) is 10.2 Å². The lowest BCUT2D eigenvalue weighted by molar-refractivity contribution is -0.147. The third kappa shape index (κ3) is 14.0. The number of benzene rings is 3. The van der Waals surface area contributed by atoms with Crippen LogP contribution in [0.1, 0.15) is 116 Å². The number of fused-ring (bicyclic) bond motifs is 7. The van der Waals surface area contributed by atoms with Crippen molar-refractivity contribution in [1.82, 2.24) is 50.4 Å². The minimum Gasteiger partial charge on any atom is -0.491 e. The van der Waals surface area contributed by atoms with E-state index in [4.69, 9.17) is 24.7 Å². The third-order valence-electron chi connectivity index (χ3n) is 15.1. The van der Waals surface area contributed by atoms with Gasteiger partial charge in [-0.1, -0.05) is 51.1 Å². The lowest BCUT2D eigenvalue weighted by Gasteiger charge is -2.41. The molecule has 3 aromatic carbocycles. The van der Waals surface area contributed by atoms with Gasteiger partial charge in [-0.3, -0.25) is 28.7 Å². The zero-order valence-corrected chi connectivity index (χ0v) is 47.3. The third-order valence-corrected chi connectivity index (χ3v) is 15.1. The van der Waals surface area contributed by atoms with E-state index in [1.807, 2.05) is 51.1 Å². The van der Waals surface area contributed by atoms with Gasteiger partial charge in [0.15, 0.2) is 11.5 Å². The van der Waals surface area contributed by atoms with Crippen molar-refractivity contribution < 1.29 is 47.3 Å². The molecule has 2 aromatic heterocycles. The Hall–Kier alpha value is -8.00. The smallest absolute Gasteiger partial charge is 0.258 e. The number of nitrogens with two attached hydrogens (primary N) is 1. The molecule has 1 aliphatic carbocycles. The molecule has 5 N–H and O–H groups in total. The van der Waals surface area contributed by atoms with Crippen molar-refractivity contribution in [3.63, 3.8) is 0 Å². The second-order valence-corrected chi connectivity index (χ2v) is 21.8. The summed E-state index contributed by atoms with van der Waals surface area (Å²) in [6.45, 7) is 10.6. The molecular weight excluding hydrogens is 1040 g/mol. The minimum absolute atomic E-state index is 0.0207. The van der Waals surface area contributed by atoms with Gasteiger partial charge in [0.25, 0.3) is 11.8 Å². The zero-order chi connectivity index (χ0) is 58.1. The molecule has 5 atom stereocenters. The molecule has 21 nitrogen and oxygen atoms in total. The summed E-state index contributed by atoms with van der Waals surface area (Å²) < 4.78 is 39.7. The van der Waals surface area contributed by atoms with Gasteiger partial charge < -0.3 is 55.3 Å². The molecule has 0 spiro atoms. The molecule has 0 saturated heterocycles. The number of likely N-dealkylation sites (N-methyl/N-ethyl adjacent to an activating group) is 2. The quantitative estimate of drug-likeness (QED) is 0.0775. The predicted molar refractivity (Wildman–Crippen MR) is 298 cm³/mol. The topological polar surface area (TPSA) is 261 Å². The predicted octanol–water partition coefficient (Wildman–Crippen LogP) is 5.21. The number of aryl methyl sites for hydroxylation is 1. The Morgan fingerprint density at radius 2 is 1.74 bits per heavy atom. The van der Waals surface area contributed by atoms with Gasteiger partial charge in [-0.25, -0.2) is 14.4 Å². The first-order valence-corrected chi connectivity index (χ1v) is 27.4. The number of hydrogen-bond acceptors (Lipinski definition) is 15. The molecule has 5 amide bonds. The summed E-state index contributed by atoms with van der Waals surface area (Å²) >= 11 is 0. The standard InChI is InChI=1S/C59H73FN12O9/c1-35(63-6)54(74)67-52(59(3,4)5)58(77)71-33-39-28-41(18-16-38(39)29-48(71)55(75)65-45-15-11-13-37-12-9-10-14-42(37)45)80-27-26-79-25-24-78-23-20-50(73)69(7)21-22-72-49-34-70(8)57(76)43-19-17-40(60)30-44(43)36(2)81-56-53(62)64-32-47(66-56)51(49)46(31-61)68-72/h9-10,12,14,16-19,28,30,32,35-36,45,48,52,63H,11,13,15,20-27,29,33-34H2,1-8H3,(H2,62,64)(H,65,75)(H,67,74)/t35-,36-,45+,48-,52+/m1/s1. The van der Waals surface area contributed by atoms with Gasteiger partial charge in [-0.15, -0.1) is 0 Å². The van der Waals surface area contributed by atoms with Crippen molar-refractivity contribution in [2.75, 3.05) is 66.5 Å². The fourth-order valence-electron chi connectivity index (χ4n) is 10.3. The Morgan fingerprint density at radius 1 is 0.988 bits per heavy atom. The number of rotatable bonds is 19. The molecule has 2 bridgehead atoms. The molecule has 8 rings (SSSR count). The molecule has 0 unspecified atom stereocenters. The highest BCUT2D eigenvalue weighted by Crippen LogP contribution is 2.36. The van der Waals surface area contributed by atoms with Crippen molar-refractivity contribution in [3.05, 3.63) is 117 Å². The van der Waals surface area contributed by atoms with E-state index in [0.29, 0.717) is 17.0 Å². The van der Waals surface area contributed by atoms with Gasteiger partial charge in [-0.2, -0.15) is 10.4 Å². The van der Waals surface area contributed by atoms with E-state index in [9.17, 15) is 33.6 Å². The van der Waals surface area contributed by atoms with Crippen LogP contribution in [-0.2, 0) is 61.1 Å². The first-order chi connectivity index (χ1) is 38.8. The molecule has 22 heteroatoms. The molecule has 0 saturated carbocycles.